The van der Waals surface area contributed by atoms with Crippen molar-refractivity contribution in [1.82, 2.24) is 15.1 Å². The van der Waals surface area contributed by atoms with Gasteiger partial charge in [0.05, 0.1) is 6.04 Å². The van der Waals surface area contributed by atoms with Gasteiger partial charge in [-0.3, -0.25) is 9.48 Å². The number of rotatable bonds is 8. The molecule has 0 aromatic carbocycles. The van der Waals surface area contributed by atoms with Crippen LogP contribution in [0.3, 0.4) is 0 Å². The van der Waals surface area contributed by atoms with Crippen LogP contribution >= 0.6 is 0 Å². The molecule has 1 aromatic heterocycles. The number of aromatic nitrogens is 2. The first-order valence-electron chi connectivity index (χ1n) is 8.26. The molecule has 3 rings (SSSR count). The van der Waals surface area contributed by atoms with E-state index in [1.807, 2.05) is 17.7 Å². The highest BCUT2D eigenvalue weighted by molar-refractivity contribution is 5.92. The van der Waals surface area contributed by atoms with Crippen molar-refractivity contribution in [3.8, 4) is 12.3 Å². The first-order valence-corrected chi connectivity index (χ1v) is 8.26. The van der Waals surface area contributed by atoms with Crippen molar-refractivity contribution in [3.63, 3.8) is 0 Å². The van der Waals surface area contributed by atoms with Crippen molar-refractivity contribution < 1.29 is 4.79 Å². The highest BCUT2D eigenvalue weighted by Crippen LogP contribution is 2.39. The molecule has 1 fully saturated rings. The summed E-state index contributed by atoms with van der Waals surface area (Å²) in [6.45, 7) is 4.70. The predicted molar refractivity (Wildman–Crippen MR) is 87.0 cm³/mol. The van der Waals surface area contributed by atoms with Gasteiger partial charge in [0.25, 0.3) is 5.91 Å². The monoisotopic (exact) mass is 313 g/mol. The first-order chi connectivity index (χ1) is 11.0. The van der Waals surface area contributed by atoms with Gasteiger partial charge in [-0.2, -0.15) is 15.3 Å². The molecular formula is C17H23N5O. The number of nitrogens with one attached hydrogen (secondary N) is 1. The van der Waals surface area contributed by atoms with Crippen LogP contribution in [0.5, 0.6) is 0 Å². The minimum absolute atomic E-state index is 0.136. The summed E-state index contributed by atoms with van der Waals surface area (Å²) in [6.07, 6.45) is 9.89. The van der Waals surface area contributed by atoms with Crippen molar-refractivity contribution in [2.45, 2.75) is 57.7 Å². The summed E-state index contributed by atoms with van der Waals surface area (Å²) < 4.78 is 1.98. The number of carbonyl (C=O) groups is 1. The largest absolute Gasteiger partial charge is 0.350 e. The summed E-state index contributed by atoms with van der Waals surface area (Å²) in [6, 6.07) is 2.22. The average molecular weight is 313 g/mol. The van der Waals surface area contributed by atoms with Gasteiger partial charge in [0.1, 0.15) is 5.69 Å². The van der Waals surface area contributed by atoms with Crippen molar-refractivity contribution in [1.29, 1.82) is 0 Å². The highest BCUT2D eigenvalue weighted by atomic mass is 16.1. The van der Waals surface area contributed by atoms with E-state index >= 15 is 0 Å². The molecule has 1 N–H and O–H groups in total. The van der Waals surface area contributed by atoms with Gasteiger partial charge in [-0.05, 0) is 38.7 Å². The summed E-state index contributed by atoms with van der Waals surface area (Å²) in [5.41, 5.74) is 1.17. The molecule has 1 atom stereocenters. The van der Waals surface area contributed by atoms with E-state index in [4.69, 9.17) is 6.42 Å². The Morgan fingerprint density at radius 1 is 1.52 bits per heavy atom. The quantitative estimate of drug-likeness (QED) is 0.750. The smallest absolute Gasteiger partial charge is 0.271 e. The predicted octanol–water partition coefficient (Wildman–Crippen LogP) is 2.86. The van der Waals surface area contributed by atoms with E-state index in [9.17, 15) is 4.79 Å². The fraction of sp³-hybridized carbons (Fsp3) is 0.647. The van der Waals surface area contributed by atoms with Crippen LogP contribution in [-0.2, 0) is 0 Å². The van der Waals surface area contributed by atoms with E-state index in [1.54, 1.807) is 0 Å². The minimum atomic E-state index is -0.352. The van der Waals surface area contributed by atoms with Crippen LogP contribution in [-0.4, -0.2) is 27.9 Å². The molecule has 1 aromatic rings. The van der Waals surface area contributed by atoms with Crippen molar-refractivity contribution >= 4 is 5.91 Å². The number of hydrogen-bond donors (Lipinski definition) is 1. The molecule has 1 saturated carbocycles. The molecule has 1 aliphatic heterocycles. The number of nitrogens with zero attached hydrogens (tertiary/aromatic N) is 4. The Morgan fingerprint density at radius 2 is 2.26 bits per heavy atom. The lowest BCUT2D eigenvalue weighted by Gasteiger charge is -2.12. The van der Waals surface area contributed by atoms with E-state index in [0.29, 0.717) is 37.0 Å². The van der Waals surface area contributed by atoms with E-state index in [1.165, 1.54) is 12.8 Å². The molecule has 6 nitrogen and oxygen atoms in total. The topological polar surface area (TPSA) is 71.6 Å². The Hall–Kier alpha value is -2.16. The Morgan fingerprint density at radius 3 is 2.87 bits per heavy atom. The fourth-order valence-electron chi connectivity index (χ4n) is 2.92. The number of hydrogen-bond acceptors (Lipinski definition) is 4. The summed E-state index contributed by atoms with van der Waals surface area (Å²) in [5.74, 6) is 3.17. The molecule has 0 spiro atoms. The molecule has 1 aliphatic carbocycles. The molecule has 1 amide bonds. The SMILES string of the molecule is C#CCCC1(CCNC(=O)c2cc(C)n(C(C)C3CC3)n2)N=N1. The summed E-state index contributed by atoms with van der Waals surface area (Å²) >= 11 is 0. The lowest BCUT2D eigenvalue weighted by molar-refractivity contribution is 0.0945. The van der Waals surface area contributed by atoms with Gasteiger partial charge in [0, 0.05) is 31.5 Å². The third kappa shape index (κ3) is 3.61. The van der Waals surface area contributed by atoms with Crippen molar-refractivity contribution in [3.05, 3.63) is 17.5 Å². The van der Waals surface area contributed by atoms with Crippen LogP contribution in [0.1, 0.15) is 61.3 Å². The Kier molecular flexibility index (Phi) is 4.20. The van der Waals surface area contributed by atoms with Crippen LogP contribution in [0.2, 0.25) is 0 Å². The molecule has 6 heteroatoms. The van der Waals surface area contributed by atoms with Crippen LogP contribution in [0.4, 0.5) is 0 Å². The second-order valence-corrected chi connectivity index (χ2v) is 6.59. The van der Waals surface area contributed by atoms with E-state index in [0.717, 1.165) is 12.1 Å². The normalized spacial score (nSPS) is 19.2. The molecule has 122 valence electrons. The average Bonchev–Trinajstić information content (AvgIpc) is 3.44. The van der Waals surface area contributed by atoms with Crippen molar-refractivity contribution in [2.75, 3.05) is 6.54 Å². The van der Waals surface area contributed by atoms with Gasteiger partial charge in [0.15, 0.2) is 5.66 Å². The lowest BCUT2D eigenvalue weighted by Crippen LogP contribution is -2.28. The van der Waals surface area contributed by atoms with E-state index in [-0.39, 0.29) is 11.6 Å². The maximum atomic E-state index is 12.3. The molecule has 0 radical (unpaired) electrons. The van der Waals surface area contributed by atoms with Crippen LogP contribution in [0, 0.1) is 25.2 Å². The molecule has 0 bridgehead atoms. The fourth-order valence-corrected chi connectivity index (χ4v) is 2.92. The van der Waals surface area contributed by atoms with Gasteiger partial charge in [-0.1, -0.05) is 0 Å². The zero-order chi connectivity index (χ0) is 16.4. The third-order valence-electron chi connectivity index (χ3n) is 4.71. The molecule has 2 aliphatic rings. The maximum Gasteiger partial charge on any atom is 0.271 e. The summed E-state index contributed by atoms with van der Waals surface area (Å²) in [7, 11) is 0. The van der Waals surface area contributed by atoms with Gasteiger partial charge in [-0.15, -0.1) is 12.3 Å². The lowest BCUT2D eigenvalue weighted by atomic mass is 10.0. The zero-order valence-corrected chi connectivity index (χ0v) is 13.7. The standard InChI is InChI=1S/C17H23N5O/c1-4-5-8-17(20-21-17)9-10-18-16(23)15-11-12(2)22(19-15)13(3)14-6-7-14/h1,11,13-14H,5-10H2,2-3H3,(H,18,23). The van der Waals surface area contributed by atoms with Gasteiger partial charge in [0.2, 0.25) is 0 Å². The first kappa shape index (κ1) is 15.7. The zero-order valence-electron chi connectivity index (χ0n) is 13.7. The maximum absolute atomic E-state index is 12.3. The molecule has 1 unspecified atom stereocenters. The number of terminal acetylenes is 1. The number of carbonyl (C=O) groups excluding carboxylic acids is 1. The van der Waals surface area contributed by atoms with Gasteiger partial charge >= 0.3 is 0 Å². The Labute approximate surface area is 136 Å². The molecule has 23 heavy (non-hydrogen) atoms. The molecule has 0 saturated heterocycles. The van der Waals surface area contributed by atoms with E-state index in [2.05, 4.69) is 33.5 Å². The Balaban J connectivity index is 1.51. The van der Waals surface area contributed by atoms with Gasteiger partial charge < -0.3 is 5.32 Å². The number of aryl methyl sites for hydroxylation is 1. The Bertz CT molecular complexity index is 659. The van der Waals surface area contributed by atoms with Crippen molar-refractivity contribution in [2.24, 2.45) is 16.1 Å². The van der Waals surface area contributed by atoms with Crippen LogP contribution in [0.25, 0.3) is 0 Å². The minimum Gasteiger partial charge on any atom is -0.350 e. The highest BCUT2D eigenvalue weighted by Gasteiger charge is 2.38. The summed E-state index contributed by atoms with van der Waals surface area (Å²) in [5, 5.41) is 15.5. The third-order valence-corrected chi connectivity index (χ3v) is 4.71. The molecule has 2 heterocycles. The summed E-state index contributed by atoms with van der Waals surface area (Å²) in [4.78, 5) is 12.3. The molecular weight excluding hydrogens is 290 g/mol. The van der Waals surface area contributed by atoms with Gasteiger partial charge in [-0.25, -0.2) is 0 Å². The second-order valence-electron chi connectivity index (χ2n) is 6.59. The second kappa shape index (κ2) is 6.15. The number of amides is 1. The van der Waals surface area contributed by atoms with Crippen LogP contribution in [0.15, 0.2) is 16.3 Å². The van der Waals surface area contributed by atoms with Crippen LogP contribution < -0.4 is 5.32 Å². The van der Waals surface area contributed by atoms with E-state index < -0.39 is 0 Å².